The number of allylic oxidation sites excluding steroid dienone is 1. The monoisotopic (exact) mass is 310 g/mol. The van der Waals surface area contributed by atoms with Gasteiger partial charge in [-0.15, -0.1) is 0 Å². The number of nitrogens with zero attached hydrogens (tertiary/aromatic N) is 2. The molecule has 3 nitrogen and oxygen atoms in total. The van der Waals surface area contributed by atoms with Crippen LogP contribution in [0.25, 0.3) is 0 Å². The van der Waals surface area contributed by atoms with Gasteiger partial charge in [0.1, 0.15) is 5.69 Å². The van der Waals surface area contributed by atoms with Crippen molar-refractivity contribution < 1.29 is 4.79 Å². The van der Waals surface area contributed by atoms with Gasteiger partial charge in [0, 0.05) is 25.2 Å². The zero-order valence-corrected chi connectivity index (χ0v) is 14.6. The Bertz CT molecular complexity index is 646. The fourth-order valence-corrected chi connectivity index (χ4v) is 2.58. The average molecular weight is 310 g/mol. The minimum Gasteiger partial charge on any atom is -0.342 e. The van der Waals surface area contributed by atoms with E-state index in [2.05, 4.69) is 37.6 Å². The molecule has 0 aromatic carbocycles. The quantitative estimate of drug-likeness (QED) is 0.741. The lowest BCUT2D eigenvalue weighted by Crippen LogP contribution is -2.38. The Kier molecular flexibility index (Phi) is 5.60. The number of aryl methyl sites for hydroxylation is 1. The third-order valence-electron chi connectivity index (χ3n) is 3.80. The summed E-state index contributed by atoms with van der Waals surface area (Å²) < 4.78 is 0. The Morgan fingerprint density at radius 3 is 2.61 bits per heavy atom. The molecule has 0 atom stereocenters. The van der Waals surface area contributed by atoms with E-state index in [0.717, 1.165) is 37.3 Å². The maximum atomic E-state index is 12.2. The predicted octanol–water partition coefficient (Wildman–Crippen LogP) is 3.73. The second kappa shape index (κ2) is 7.46. The van der Waals surface area contributed by atoms with Gasteiger partial charge in [0.05, 0.1) is 0 Å². The van der Waals surface area contributed by atoms with Crippen molar-refractivity contribution in [1.29, 1.82) is 0 Å². The SMILES string of the molecule is Cc1cccc(C#CC=C2CCN(C(=O)CC(C)(C)C)CC2)n1. The van der Waals surface area contributed by atoms with Gasteiger partial charge in [-0.25, -0.2) is 4.98 Å². The van der Waals surface area contributed by atoms with E-state index in [0.29, 0.717) is 6.42 Å². The number of hydrogen-bond acceptors (Lipinski definition) is 2. The molecule has 1 aliphatic heterocycles. The normalized spacial score (nSPS) is 15.0. The Hall–Kier alpha value is -2.08. The first-order valence-electron chi connectivity index (χ1n) is 8.24. The molecule has 1 aliphatic rings. The Morgan fingerprint density at radius 1 is 1.30 bits per heavy atom. The van der Waals surface area contributed by atoms with Gasteiger partial charge in [-0.2, -0.15) is 0 Å². The van der Waals surface area contributed by atoms with Gasteiger partial charge in [-0.3, -0.25) is 4.79 Å². The van der Waals surface area contributed by atoms with Crippen LogP contribution in [0.4, 0.5) is 0 Å². The van der Waals surface area contributed by atoms with E-state index < -0.39 is 0 Å². The Labute approximate surface area is 139 Å². The number of rotatable bonds is 1. The van der Waals surface area contributed by atoms with E-state index >= 15 is 0 Å². The molecule has 23 heavy (non-hydrogen) atoms. The van der Waals surface area contributed by atoms with Crippen molar-refractivity contribution >= 4 is 5.91 Å². The van der Waals surface area contributed by atoms with E-state index in [4.69, 9.17) is 0 Å². The maximum absolute atomic E-state index is 12.2. The summed E-state index contributed by atoms with van der Waals surface area (Å²) in [4.78, 5) is 18.6. The molecule has 0 saturated carbocycles. The molecular formula is C20H26N2O. The van der Waals surface area contributed by atoms with E-state index in [1.54, 1.807) is 0 Å². The number of likely N-dealkylation sites (tertiary alicyclic amines) is 1. The van der Waals surface area contributed by atoms with E-state index in [-0.39, 0.29) is 11.3 Å². The van der Waals surface area contributed by atoms with Gasteiger partial charge in [-0.1, -0.05) is 38.3 Å². The van der Waals surface area contributed by atoms with Crippen molar-refractivity contribution in [2.45, 2.75) is 47.0 Å². The van der Waals surface area contributed by atoms with Crippen LogP contribution in [-0.4, -0.2) is 28.9 Å². The van der Waals surface area contributed by atoms with Gasteiger partial charge in [0.25, 0.3) is 0 Å². The molecule has 1 saturated heterocycles. The largest absolute Gasteiger partial charge is 0.342 e. The van der Waals surface area contributed by atoms with Crippen LogP contribution in [0.2, 0.25) is 0 Å². The van der Waals surface area contributed by atoms with E-state index in [1.807, 2.05) is 36.1 Å². The lowest BCUT2D eigenvalue weighted by molar-refractivity contribution is -0.133. The topological polar surface area (TPSA) is 33.2 Å². The molecule has 2 heterocycles. The smallest absolute Gasteiger partial charge is 0.223 e. The molecule has 0 spiro atoms. The molecular weight excluding hydrogens is 284 g/mol. The fourth-order valence-electron chi connectivity index (χ4n) is 2.58. The van der Waals surface area contributed by atoms with Gasteiger partial charge < -0.3 is 4.90 Å². The third-order valence-corrected chi connectivity index (χ3v) is 3.80. The van der Waals surface area contributed by atoms with Crippen LogP contribution in [-0.2, 0) is 4.79 Å². The number of pyridine rings is 1. The van der Waals surface area contributed by atoms with Crippen molar-refractivity contribution in [3.63, 3.8) is 0 Å². The van der Waals surface area contributed by atoms with E-state index in [1.165, 1.54) is 5.57 Å². The van der Waals surface area contributed by atoms with Gasteiger partial charge in [0.2, 0.25) is 5.91 Å². The molecule has 0 aliphatic carbocycles. The van der Waals surface area contributed by atoms with Gasteiger partial charge >= 0.3 is 0 Å². The van der Waals surface area contributed by atoms with E-state index in [9.17, 15) is 4.79 Å². The van der Waals surface area contributed by atoms with Crippen LogP contribution >= 0.6 is 0 Å². The third kappa shape index (κ3) is 5.90. The Morgan fingerprint density at radius 2 is 2.00 bits per heavy atom. The van der Waals surface area contributed by atoms with Crippen molar-refractivity contribution in [2.75, 3.05) is 13.1 Å². The summed E-state index contributed by atoms with van der Waals surface area (Å²) in [6.07, 6.45) is 4.46. The molecule has 0 unspecified atom stereocenters. The molecule has 1 amide bonds. The highest BCUT2D eigenvalue weighted by atomic mass is 16.2. The molecule has 1 fully saturated rings. The summed E-state index contributed by atoms with van der Waals surface area (Å²) in [5, 5.41) is 0. The van der Waals surface area contributed by atoms with Crippen molar-refractivity contribution in [2.24, 2.45) is 5.41 Å². The van der Waals surface area contributed by atoms with Gasteiger partial charge in [0.15, 0.2) is 0 Å². The average Bonchev–Trinajstić information content (AvgIpc) is 2.46. The fraction of sp³-hybridized carbons (Fsp3) is 0.500. The lowest BCUT2D eigenvalue weighted by atomic mass is 9.91. The number of piperidine rings is 1. The minimum atomic E-state index is 0.0550. The molecule has 0 radical (unpaired) electrons. The zero-order chi connectivity index (χ0) is 16.9. The molecule has 1 aromatic heterocycles. The number of aromatic nitrogens is 1. The van der Waals surface area contributed by atoms with Crippen LogP contribution in [0.1, 0.15) is 51.4 Å². The molecule has 3 heteroatoms. The number of carbonyl (C=O) groups excluding carboxylic acids is 1. The Balaban J connectivity index is 1.88. The number of amides is 1. The van der Waals surface area contributed by atoms with Crippen molar-refractivity contribution in [3.05, 3.63) is 41.2 Å². The lowest BCUT2D eigenvalue weighted by Gasteiger charge is -2.30. The van der Waals surface area contributed by atoms with Crippen LogP contribution < -0.4 is 0 Å². The summed E-state index contributed by atoms with van der Waals surface area (Å²) in [6.45, 7) is 9.91. The second-order valence-electron chi connectivity index (χ2n) is 7.35. The molecule has 2 rings (SSSR count). The first-order chi connectivity index (χ1) is 10.8. The predicted molar refractivity (Wildman–Crippen MR) is 93.8 cm³/mol. The highest BCUT2D eigenvalue weighted by Crippen LogP contribution is 2.22. The minimum absolute atomic E-state index is 0.0550. The summed E-state index contributed by atoms with van der Waals surface area (Å²) in [5.41, 5.74) is 3.17. The van der Waals surface area contributed by atoms with Crippen LogP contribution in [0.15, 0.2) is 29.8 Å². The van der Waals surface area contributed by atoms with Crippen molar-refractivity contribution in [3.8, 4) is 11.8 Å². The summed E-state index contributed by atoms with van der Waals surface area (Å²) in [6, 6.07) is 5.86. The van der Waals surface area contributed by atoms with Gasteiger partial charge in [-0.05, 0) is 49.3 Å². The zero-order valence-electron chi connectivity index (χ0n) is 14.6. The highest BCUT2D eigenvalue weighted by Gasteiger charge is 2.23. The van der Waals surface area contributed by atoms with Crippen LogP contribution in [0.5, 0.6) is 0 Å². The second-order valence-corrected chi connectivity index (χ2v) is 7.35. The molecule has 0 bridgehead atoms. The standard InChI is InChI=1S/C20H26N2O/c1-16-7-5-9-18(21-16)10-6-8-17-11-13-22(14-12-17)19(23)15-20(2,3)4/h5,7-9H,11-15H2,1-4H3. The summed E-state index contributed by atoms with van der Waals surface area (Å²) in [7, 11) is 0. The maximum Gasteiger partial charge on any atom is 0.223 e. The molecule has 1 aromatic rings. The summed E-state index contributed by atoms with van der Waals surface area (Å²) in [5.74, 6) is 6.45. The molecule has 0 N–H and O–H groups in total. The number of carbonyl (C=O) groups is 1. The first kappa shape index (κ1) is 17.3. The van der Waals surface area contributed by atoms with Crippen LogP contribution in [0.3, 0.4) is 0 Å². The number of hydrogen-bond donors (Lipinski definition) is 0. The highest BCUT2D eigenvalue weighted by molar-refractivity contribution is 5.77. The molecule has 122 valence electrons. The first-order valence-corrected chi connectivity index (χ1v) is 8.24. The van der Waals surface area contributed by atoms with Crippen molar-refractivity contribution in [1.82, 2.24) is 9.88 Å². The van der Waals surface area contributed by atoms with Crippen LogP contribution in [0, 0.1) is 24.2 Å². The summed E-state index contributed by atoms with van der Waals surface area (Å²) >= 11 is 0.